The fourth-order valence-corrected chi connectivity index (χ4v) is 2.99. The molecule has 21 heavy (non-hydrogen) atoms. The molecule has 3 rings (SSSR count). The third-order valence-electron chi connectivity index (χ3n) is 4.11. The van der Waals surface area contributed by atoms with Gasteiger partial charge in [-0.05, 0) is 40.8 Å². The average molecular weight is 277 g/mol. The highest BCUT2D eigenvalue weighted by Gasteiger charge is 2.21. The molecule has 3 nitrogen and oxygen atoms in total. The lowest BCUT2D eigenvalue weighted by atomic mass is 9.99. The van der Waals surface area contributed by atoms with E-state index in [0.29, 0.717) is 6.42 Å². The highest BCUT2D eigenvalue weighted by molar-refractivity contribution is 5.82. The molecule has 1 aliphatic rings. The highest BCUT2D eigenvalue weighted by atomic mass is 14.8. The Bertz CT molecular complexity index is 698. The van der Waals surface area contributed by atoms with Gasteiger partial charge in [0.25, 0.3) is 0 Å². The Morgan fingerprint density at radius 2 is 1.95 bits per heavy atom. The standard InChI is InChI=1S/C18H19N3/c19-9-3-10-21-11-8-13-6-7-16-15-5-2-1-4-14(15)12-17(16)18(13)20/h1-2,4-7,21H,3,8,10-12,20H2. The van der Waals surface area contributed by atoms with Gasteiger partial charge in [-0.1, -0.05) is 36.4 Å². The van der Waals surface area contributed by atoms with Crippen LogP contribution in [0, 0.1) is 11.3 Å². The summed E-state index contributed by atoms with van der Waals surface area (Å²) in [6.45, 7) is 1.60. The van der Waals surface area contributed by atoms with Gasteiger partial charge in [0.1, 0.15) is 0 Å². The number of nitrogen functional groups attached to an aromatic ring is 1. The molecule has 0 bridgehead atoms. The molecule has 0 aromatic heterocycles. The SMILES string of the molecule is N#CCCNCCc1ccc2c(c1N)Cc1ccccc1-2. The molecule has 0 saturated heterocycles. The number of nitrogens with one attached hydrogen (secondary N) is 1. The number of hydrogen-bond donors (Lipinski definition) is 2. The van der Waals surface area contributed by atoms with Crippen LogP contribution in [0.4, 0.5) is 5.69 Å². The van der Waals surface area contributed by atoms with Crippen LogP contribution in [-0.4, -0.2) is 13.1 Å². The van der Waals surface area contributed by atoms with Gasteiger partial charge >= 0.3 is 0 Å². The lowest BCUT2D eigenvalue weighted by molar-refractivity contribution is 0.693. The third-order valence-corrected chi connectivity index (χ3v) is 4.11. The van der Waals surface area contributed by atoms with E-state index < -0.39 is 0 Å². The van der Waals surface area contributed by atoms with E-state index in [2.05, 4.69) is 47.8 Å². The van der Waals surface area contributed by atoms with Gasteiger partial charge in [0.15, 0.2) is 0 Å². The summed E-state index contributed by atoms with van der Waals surface area (Å²) < 4.78 is 0. The minimum atomic E-state index is 0.551. The smallest absolute Gasteiger partial charge is 0.0635 e. The van der Waals surface area contributed by atoms with Crippen molar-refractivity contribution in [2.75, 3.05) is 18.8 Å². The van der Waals surface area contributed by atoms with Crippen molar-refractivity contribution in [3.8, 4) is 17.2 Å². The first kappa shape index (κ1) is 13.7. The number of fused-ring (bicyclic) bond motifs is 3. The van der Waals surface area contributed by atoms with Crippen LogP contribution in [0.1, 0.15) is 23.1 Å². The van der Waals surface area contributed by atoms with Gasteiger partial charge in [0, 0.05) is 25.1 Å². The van der Waals surface area contributed by atoms with E-state index in [1.54, 1.807) is 0 Å². The molecule has 0 spiro atoms. The fraction of sp³-hybridized carbons (Fsp3) is 0.278. The second kappa shape index (κ2) is 5.99. The Hall–Kier alpha value is -2.31. The van der Waals surface area contributed by atoms with Gasteiger partial charge in [-0.25, -0.2) is 0 Å². The molecule has 0 unspecified atom stereocenters. The Morgan fingerprint density at radius 3 is 2.81 bits per heavy atom. The number of hydrogen-bond acceptors (Lipinski definition) is 3. The number of rotatable bonds is 5. The number of nitrogens with two attached hydrogens (primary N) is 1. The molecule has 1 aliphatic carbocycles. The molecule has 0 fully saturated rings. The van der Waals surface area contributed by atoms with Crippen LogP contribution in [0.5, 0.6) is 0 Å². The van der Waals surface area contributed by atoms with E-state index in [1.807, 2.05) is 0 Å². The van der Waals surface area contributed by atoms with Gasteiger partial charge in [-0.2, -0.15) is 5.26 Å². The van der Waals surface area contributed by atoms with E-state index in [1.165, 1.54) is 27.8 Å². The third kappa shape index (κ3) is 2.63. The lowest BCUT2D eigenvalue weighted by Crippen LogP contribution is -2.18. The van der Waals surface area contributed by atoms with Crippen molar-refractivity contribution >= 4 is 5.69 Å². The van der Waals surface area contributed by atoms with Crippen LogP contribution >= 0.6 is 0 Å². The van der Waals surface area contributed by atoms with Gasteiger partial charge in [0.05, 0.1) is 6.07 Å². The first-order valence-corrected chi connectivity index (χ1v) is 7.37. The van der Waals surface area contributed by atoms with Crippen molar-refractivity contribution in [1.29, 1.82) is 5.26 Å². The van der Waals surface area contributed by atoms with Crippen LogP contribution in [0.3, 0.4) is 0 Å². The van der Waals surface area contributed by atoms with Crippen LogP contribution < -0.4 is 11.1 Å². The molecule has 2 aromatic carbocycles. The number of benzene rings is 2. The second-order valence-corrected chi connectivity index (χ2v) is 5.41. The normalized spacial score (nSPS) is 11.8. The minimum Gasteiger partial charge on any atom is -0.398 e. The molecule has 2 aromatic rings. The summed E-state index contributed by atoms with van der Waals surface area (Å²) in [6.07, 6.45) is 2.39. The van der Waals surface area contributed by atoms with Crippen LogP contribution in [0.25, 0.3) is 11.1 Å². The predicted molar refractivity (Wildman–Crippen MR) is 85.9 cm³/mol. The van der Waals surface area contributed by atoms with Crippen molar-refractivity contribution in [3.63, 3.8) is 0 Å². The predicted octanol–water partition coefficient (Wildman–Crippen LogP) is 2.89. The first-order chi connectivity index (χ1) is 10.3. The zero-order chi connectivity index (χ0) is 14.7. The maximum atomic E-state index is 8.51. The van der Waals surface area contributed by atoms with E-state index in [9.17, 15) is 0 Å². The van der Waals surface area contributed by atoms with E-state index in [0.717, 1.165) is 31.6 Å². The Kier molecular flexibility index (Phi) is 3.89. The Morgan fingerprint density at radius 1 is 1.10 bits per heavy atom. The fourth-order valence-electron chi connectivity index (χ4n) is 2.99. The van der Waals surface area contributed by atoms with Gasteiger partial charge in [0.2, 0.25) is 0 Å². The van der Waals surface area contributed by atoms with Gasteiger partial charge in [-0.3, -0.25) is 0 Å². The lowest BCUT2D eigenvalue weighted by Gasteiger charge is -2.11. The molecule has 0 atom stereocenters. The summed E-state index contributed by atoms with van der Waals surface area (Å²) >= 11 is 0. The van der Waals surface area contributed by atoms with Crippen LogP contribution in [0.15, 0.2) is 36.4 Å². The maximum absolute atomic E-state index is 8.51. The maximum Gasteiger partial charge on any atom is 0.0635 e. The van der Waals surface area contributed by atoms with Crippen molar-refractivity contribution in [2.45, 2.75) is 19.3 Å². The summed E-state index contributed by atoms with van der Waals surface area (Å²) in [5.41, 5.74) is 13.7. The van der Waals surface area contributed by atoms with Gasteiger partial charge in [-0.15, -0.1) is 0 Å². The highest BCUT2D eigenvalue weighted by Crippen LogP contribution is 2.40. The van der Waals surface area contributed by atoms with Crippen LogP contribution in [-0.2, 0) is 12.8 Å². The van der Waals surface area contributed by atoms with E-state index >= 15 is 0 Å². The zero-order valence-corrected chi connectivity index (χ0v) is 12.0. The largest absolute Gasteiger partial charge is 0.398 e. The monoisotopic (exact) mass is 277 g/mol. The topological polar surface area (TPSA) is 61.8 Å². The molecule has 0 radical (unpaired) electrons. The molecular weight excluding hydrogens is 258 g/mol. The number of nitrogens with zero attached hydrogens (tertiary/aromatic N) is 1. The average Bonchev–Trinajstić information content (AvgIpc) is 2.89. The molecule has 106 valence electrons. The second-order valence-electron chi connectivity index (χ2n) is 5.41. The molecular formula is C18H19N3. The number of anilines is 1. The Balaban J connectivity index is 1.75. The summed E-state index contributed by atoms with van der Waals surface area (Å²) in [6, 6.07) is 15.0. The minimum absolute atomic E-state index is 0.551. The zero-order valence-electron chi connectivity index (χ0n) is 12.0. The molecule has 3 N–H and O–H groups in total. The summed E-state index contributed by atoms with van der Waals surface area (Å²) in [5.74, 6) is 0. The molecule has 0 amide bonds. The van der Waals surface area contributed by atoms with E-state index in [4.69, 9.17) is 11.0 Å². The molecule has 3 heteroatoms. The van der Waals surface area contributed by atoms with E-state index in [-0.39, 0.29) is 0 Å². The van der Waals surface area contributed by atoms with Crippen molar-refractivity contribution in [1.82, 2.24) is 5.32 Å². The quantitative estimate of drug-likeness (QED) is 0.557. The first-order valence-electron chi connectivity index (χ1n) is 7.37. The van der Waals surface area contributed by atoms with Crippen molar-refractivity contribution in [2.24, 2.45) is 0 Å². The summed E-state index contributed by atoms with van der Waals surface area (Å²) in [7, 11) is 0. The molecule has 0 heterocycles. The Labute approximate surface area is 125 Å². The van der Waals surface area contributed by atoms with Crippen molar-refractivity contribution in [3.05, 3.63) is 53.1 Å². The molecule has 0 saturated carbocycles. The van der Waals surface area contributed by atoms with Gasteiger partial charge < -0.3 is 11.1 Å². The van der Waals surface area contributed by atoms with Crippen LogP contribution in [0.2, 0.25) is 0 Å². The number of nitriles is 1. The summed E-state index contributed by atoms with van der Waals surface area (Å²) in [5, 5.41) is 11.8. The molecule has 0 aliphatic heterocycles. The van der Waals surface area contributed by atoms with Crippen molar-refractivity contribution < 1.29 is 0 Å². The summed E-state index contributed by atoms with van der Waals surface area (Å²) in [4.78, 5) is 0.